The third-order valence-corrected chi connectivity index (χ3v) is 2.56. The van der Waals surface area contributed by atoms with Crippen LogP contribution in [0.1, 0.15) is 11.1 Å². The van der Waals surface area contributed by atoms with E-state index in [0.29, 0.717) is 11.3 Å². The Morgan fingerprint density at radius 3 is 2.65 bits per heavy atom. The average molecular weight is 273 g/mol. The molecule has 0 aromatic heterocycles. The normalized spacial score (nSPS) is 9.75. The van der Waals surface area contributed by atoms with Crippen LogP contribution in [0.25, 0.3) is 0 Å². The van der Waals surface area contributed by atoms with Gasteiger partial charge in [-0.3, -0.25) is 0 Å². The molecule has 0 radical (unpaired) electrons. The molecule has 20 heavy (non-hydrogen) atoms. The summed E-state index contributed by atoms with van der Waals surface area (Å²) in [5.74, 6) is 4.78. The van der Waals surface area contributed by atoms with Gasteiger partial charge in [-0.2, -0.15) is 0 Å². The maximum Gasteiger partial charge on any atom is 0.142 e. The molecular weight excluding hydrogens is 260 g/mol. The number of hydrogen-bond acceptors (Lipinski definition) is 2. The lowest BCUT2D eigenvalue weighted by Gasteiger charge is -2.07. The van der Waals surface area contributed by atoms with Crippen LogP contribution in [0.2, 0.25) is 0 Å². The number of benzene rings is 2. The highest BCUT2D eigenvalue weighted by Gasteiger charge is 2.03. The zero-order chi connectivity index (χ0) is 14.4. The highest BCUT2D eigenvalue weighted by atomic mass is 19.1. The number of hydrogen-bond donors (Lipinski definition) is 1. The SMILES string of the molecule is NCC#Cc1ccc(OCc2cccc(F)c2)cc1F. The molecule has 102 valence electrons. The first kappa shape index (κ1) is 14.0. The van der Waals surface area contributed by atoms with Crippen molar-refractivity contribution in [3.8, 4) is 17.6 Å². The van der Waals surface area contributed by atoms with Gasteiger partial charge in [0.2, 0.25) is 0 Å². The molecule has 0 amide bonds. The number of halogens is 2. The molecule has 0 spiro atoms. The number of rotatable bonds is 3. The fourth-order valence-electron chi connectivity index (χ4n) is 1.63. The van der Waals surface area contributed by atoms with Gasteiger partial charge in [-0.15, -0.1) is 0 Å². The van der Waals surface area contributed by atoms with E-state index in [2.05, 4.69) is 11.8 Å². The lowest BCUT2D eigenvalue weighted by Crippen LogP contribution is -1.97. The summed E-state index contributed by atoms with van der Waals surface area (Å²) in [6.45, 7) is 0.349. The fourth-order valence-corrected chi connectivity index (χ4v) is 1.63. The Morgan fingerprint density at radius 2 is 1.95 bits per heavy atom. The molecule has 0 atom stereocenters. The Hall–Kier alpha value is -2.38. The van der Waals surface area contributed by atoms with Crippen molar-refractivity contribution in [2.75, 3.05) is 6.54 Å². The molecule has 0 aliphatic carbocycles. The Labute approximate surface area is 116 Å². The molecule has 0 fully saturated rings. The molecule has 0 aliphatic rings. The predicted octanol–water partition coefficient (Wildman–Crippen LogP) is 2.85. The Kier molecular flexibility index (Phi) is 4.70. The Morgan fingerprint density at radius 1 is 1.10 bits per heavy atom. The molecule has 0 saturated carbocycles. The van der Waals surface area contributed by atoms with Crippen LogP contribution in [0.3, 0.4) is 0 Å². The molecule has 0 heterocycles. The van der Waals surface area contributed by atoms with Gasteiger partial charge in [0.1, 0.15) is 24.0 Å². The summed E-state index contributed by atoms with van der Waals surface area (Å²) >= 11 is 0. The second-order valence-electron chi connectivity index (χ2n) is 4.07. The van der Waals surface area contributed by atoms with Crippen molar-refractivity contribution >= 4 is 0 Å². The minimum absolute atomic E-state index is 0.172. The first-order valence-corrected chi connectivity index (χ1v) is 6.05. The van der Waals surface area contributed by atoms with Crippen LogP contribution in [-0.2, 0) is 6.61 Å². The summed E-state index contributed by atoms with van der Waals surface area (Å²) in [7, 11) is 0. The van der Waals surface area contributed by atoms with Crippen molar-refractivity contribution in [1.82, 2.24) is 0 Å². The molecular formula is C16H13F2NO. The zero-order valence-corrected chi connectivity index (χ0v) is 10.7. The van der Waals surface area contributed by atoms with Gasteiger partial charge in [0, 0.05) is 6.07 Å². The van der Waals surface area contributed by atoms with Crippen molar-refractivity contribution in [3.63, 3.8) is 0 Å². The zero-order valence-electron chi connectivity index (χ0n) is 10.7. The summed E-state index contributed by atoms with van der Waals surface area (Å²) in [6, 6.07) is 10.5. The van der Waals surface area contributed by atoms with Crippen molar-refractivity contribution in [3.05, 3.63) is 65.2 Å². The van der Waals surface area contributed by atoms with Gasteiger partial charge in [-0.25, -0.2) is 8.78 Å². The van der Waals surface area contributed by atoms with Crippen molar-refractivity contribution < 1.29 is 13.5 Å². The van der Waals surface area contributed by atoms with Gasteiger partial charge >= 0.3 is 0 Å². The van der Waals surface area contributed by atoms with Gasteiger partial charge < -0.3 is 10.5 Å². The summed E-state index contributed by atoms with van der Waals surface area (Å²) in [5, 5.41) is 0. The summed E-state index contributed by atoms with van der Waals surface area (Å²) in [4.78, 5) is 0. The summed E-state index contributed by atoms with van der Waals surface area (Å²) < 4.78 is 32.1. The van der Waals surface area contributed by atoms with E-state index in [4.69, 9.17) is 10.5 Å². The molecule has 0 saturated heterocycles. The molecule has 2 aromatic rings. The van der Waals surface area contributed by atoms with Crippen molar-refractivity contribution in [2.24, 2.45) is 5.73 Å². The van der Waals surface area contributed by atoms with Crippen LogP contribution >= 0.6 is 0 Å². The summed E-state index contributed by atoms with van der Waals surface area (Å²) in [6.07, 6.45) is 0. The van der Waals surface area contributed by atoms with Gasteiger partial charge in [0.15, 0.2) is 0 Å². The fraction of sp³-hybridized carbons (Fsp3) is 0.125. The van der Waals surface area contributed by atoms with Crippen molar-refractivity contribution in [1.29, 1.82) is 0 Å². The molecule has 4 heteroatoms. The van der Waals surface area contributed by atoms with E-state index < -0.39 is 5.82 Å². The lowest BCUT2D eigenvalue weighted by molar-refractivity contribution is 0.304. The molecule has 2 nitrogen and oxygen atoms in total. The van der Waals surface area contributed by atoms with E-state index >= 15 is 0 Å². The minimum atomic E-state index is -0.470. The maximum absolute atomic E-state index is 13.7. The van der Waals surface area contributed by atoms with Crippen LogP contribution < -0.4 is 10.5 Å². The minimum Gasteiger partial charge on any atom is -0.489 e. The van der Waals surface area contributed by atoms with Gasteiger partial charge in [-0.05, 0) is 29.8 Å². The topological polar surface area (TPSA) is 35.2 Å². The Bertz CT molecular complexity index is 659. The lowest BCUT2D eigenvalue weighted by atomic mass is 10.2. The maximum atomic E-state index is 13.7. The first-order valence-electron chi connectivity index (χ1n) is 6.05. The van der Waals surface area contributed by atoms with E-state index in [1.165, 1.54) is 24.3 Å². The Balaban J connectivity index is 2.05. The highest BCUT2D eigenvalue weighted by molar-refractivity contribution is 5.40. The van der Waals surface area contributed by atoms with E-state index in [1.54, 1.807) is 18.2 Å². The smallest absolute Gasteiger partial charge is 0.142 e. The van der Waals surface area contributed by atoms with E-state index in [0.717, 1.165) is 0 Å². The third-order valence-electron chi connectivity index (χ3n) is 2.56. The van der Waals surface area contributed by atoms with Crippen LogP contribution in [0.15, 0.2) is 42.5 Å². The number of ether oxygens (including phenoxy) is 1. The standard InChI is InChI=1S/C16H13F2NO/c17-14-5-1-3-12(9-14)11-20-15-7-6-13(4-2-8-19)16(18)10-15/h1,3,5-7,9-10H,8,11,19H2. The highest BCUT2D eigenvalue weighted by Crippen LogP contribution is 2.17. The molecule has 2 aromatic carbocycles. The molecule has 2 N–H and O–H groups in total. The first-order chi connectivity index (χ1) is 9.69. The monoisotopic (exact) mass is 273 g/mol. The molecule has 0 aliphatic heterocycles. The van der Waals surface area contributed by atoms with Crippen LogP contribution in [0, 0.1) is 23.5 Å². The second-order valence-corrected chi connectivity index (χ2v) is 4.07. The van der Waals surface area contributed by atoms with Crippen molar-refractivity contribution in [2.45, 2.75) is 6.61 Å². The number of nitrogens with two attached hydrogens (primary N) is 1. The van der Waals surface area contributed by atoms with Gasteiger partial charge in [0.25, 0.3) is 0 Å². The van der Waals surface area contributed by atoms with E-state index in [1.807, 2.05) is 0 Å². The second kappa shape index (κ2) is 6.69. The summed E-state index contributed by atoms with van der Waals surface area (Å²) in [5.41, 5.74) is 6.18. The average Bonchev–Trinajstić information content (AvgIpc) is 2.44. The predicted molar refractivity (Wildman–Crippen MR) is 73.1 cm³/mol. The van der Waals surface area contributed by atoms with Gasteiger partial charge in [0.05, 0.1) is 12.1 Å². The molecule has 0 bridgehead atoms. The van der Waals surface area contributed by atoms with E-state index in [9.17, 15) is 8.78 Å². The van der Waals surface area contributed by atoms with Gasteiger partial charge in [-0.1, -0.05) is 24.0 Å². The van der Waals surface area contributed by atoms with E-state index in [-0.39, 0.29) is 24.5 Å². The molecule has 2 rings (SSSR count). The third kappa shape index (κ3) is 3.81. The largest absolute Gasteiger partial charge is 0.489 e. The van der Waals surface area contributed by atoms with Crippen LogP contribution in [0.5, 0.6) is 5.75 Å². The van der Waals surface area contributed by atoms with Crippen LogP contribution in [0.4, 0.5) is 8.78 Å². The van der Waals surface area contributed by atoms with Crippen LogP contribution in [-0.4, -0.2) is 6.54 Å². The quantitative estimate of drug-likeness (QED) is 0.873. The molecule has 0 unspecified atom stereocenters.